The lowest BCUT2D eigenvalue weighted by Crippen LogP contribution is -2.43. The predicted molar refractivity (Wildman–Crippen MR) is 97.4 cm³/mol. The average molecular weight is 393 g/mol. The number of halogens is 3. The summed E-state index contributed by atoms with van der Waals surface area (Å²) in [5.74, 6) is 2.89. The van der Waals surface area contributed by atoms with E-state index in [1.165, 1.54) is 0 Å². The maximum atomic E-state index is 13.3. The van der Waals surface area contributed by atoms with Crippen LogP contribution >= 0.6 is 11.6 Å². The lowest BCUT2D eigenvalue weighted by atomic mass is 9.86. The summed E-state index contributed by atoms with van der Waals surface area (Å²) in [6.45, 7) is 0.541. The lowest BCUT2D eigenvalue weighted by molar-refractivity contribution is -0.149. The molecular weight excluding hydrogens is 374 g/mol. The molecule has 1 amide bonds. The van der Waals surface area contributed by atoms with Crippen LogP contribution in [0.5, 0.6) is 0 Å². The molecule has 2 atom stereocenters. The third-order valence-electron chi connectivity index (χ3n) is 5.45. The Balaban J connectivity index is 1.41. The zero-order valence-electron chi connectivity index (χ0n) is 14.6. The first-order valence-electron chi connectivity index (χ1n) is 9.12. The minimum atomic E-state index is -2.64. The van der Waals surface area contributed by atoms with Crippen LogP contribution in [-0.4, -0.2) is 35.2 Å². The molecule has 4 nitrogen and oxygen atoms in total. The summed E-state index contributed by atoms with van der Waals surface area (Å²) in [6.07, 6.45) is 0.244. The Morgan fingerprint density at radius 1 is 1.26 bits per heavy atom. The van der Waals surface area contributed by atoms with Gasteiger partial charge in [-0.1, -0.05) is 28.7 Å². The molecule has 3 aliphatic rings. The SMILES string of the molecule is O=C(C1CCC(F)(F)CC1)N1CCC2C(C#Cc3cccc(Cl)c3)=NOC21. The molecule has 2 unspecified atom stereocenters. The van der Waals surface area contributed by atoms with Gasteiger partial charge >= 0.3 is 0 Å². The summed E-state index contributed by atoms with van der Waals surface area (Å²) in [6, 6.07) is 7.23. The highest BCUT2D eigenvalue weighted by molar-refractivity contribution is 6.30. The van der Waals surface area contributed by atoms with Crippen LogP contribution in [-0.2, 0) is 9.63 Å². The highest BCUT2D eigenvalue weighted by atomic mass is 35.5. The molecule has 1 aromatic rings. The van der Waals surface area contributed by atoms with Crippen LogP contribution in [0, 0.1) is 23.7 Å². The van der Waals surface area contributed by atoms with Crippen molar-refractivity contribution < 1.29 is 18.4 Å². The average Bonchev–Trinajstić information content (AvgIpc) is 3.21. The number of alkyl halides is 2. The molecule has 0 bridgehead atoms. The molecule has 1 aromatic carbocycles. The summed E-state index contributed by atoms with van der Waals surface area (Å²) in [4.78, 5) is 19.9. The number of benzene rings is 1. The van der Waals surface area contributed by atoms with Gasteiger partial charge in [0.15, 0.2) is 0 Å². The maximum Gasteiger partial charge on any atom is 0.248 e. The highest BCUT2D eigenvalue weighted by Crippen LogP contribution is 2.39. The molecule has 1 aliphatic carbocycles. The fraction of sp³-hybridized carbons (Fsp3) is 0.500. The first-order chi connectivity index (χ1) is 12.9. The van der Waals surface area contributed by atoms with Crippen LogP contribution in [0.2, 0.25) is 5.02 Å². The number of hydrogen-bond donors (Lipinski definition) is 0. The fourth-order valence-electron chi connectivity index (χ4n) is 3.92. The molecular formula is C20H19ClF2N2O2. The minimum Gasteiger partial charge on any atom is -0.369 e. The Morgan fingerprint density at radius 3 is 2.78 bits per heavy atom. The monoisotopic (exact) mass is 392 g/mol. The Hall–Kier alpha value is -2.13. The van der Waals surface area contributed by atoms with Crippen molar-refractivity contribution in [3.05, 3.63) is 34.9 Å². The van der Waals surface area contributed by atoms with Crippen molar-refractivity contribution in [2.75, 3.05) is 6.54 Å². The Kier molecular flexibility index (Phi) is 4.81. The van der Waals surface area contributed by atoms with Gasteiger partial charge in [0, 0.05) is 35.9 Å². The largest absolute Gasteiger partial charge is 0.369 e. The molecule has 142 valence electrons. The number of nitrogens with zero attached hydrogens (tertiary/aromatic N) is 2. The smallest absolute Gasteiger partial charge is 0.248 e. The summed E-state index contributed by atoms with van der Waals surface area (Å²) >= 11 is 5.96. The van der Waals surface area contributed by atoms with Crippen molar-refractivity contribution >= 4 is 23.2 Å². The lowest BCUT2D eigenvalue weighted by Gasteiger charge is -2.31. The Bertz CT molecular complexity index is 836. The molecule has 1 saturated heterocycles. The van der Waals surface area contributed by atoms with Gasteiger partial charge in [0.25, 0.3) is 0 Å². The predicted octanol–water partition coefficient (Wildman–Crippen LogP) is 4.08. The molecule has 0 spiro atoms. The van der Waals surface area contributed by atoms with Gasteiger partial charge in [-0.05, 0) is 43.4 Å². The van der Waals surface area contributed by atoms with E-state index in [0.717, 1.165) is 5.56 Å². The minimum absolute atomic E-state index is 0.0642. The second-order valence-electron chi connectivity index (χ2n) is 7.29. The Morgan fingerprint density at radius 2 is 2.04 bits per heavy atom. The van der Waals surface area contributed by atoms with Crippen molar-refractivity contribution in [2.24, 2.45) is 17.0 Å². The van der Waals surface area contributed by atoms with E-state index in [-0.39, 0.29) is 43.4 Å². The summed E-state index contributed by atoms with van der Waals surface area (Å²) in [5, 5.41) is 4.67. The van der Waals surface area contributed by atoms with Gasteiger partial charge in [-0.3, -0.25) is 4.79 Å². The number of oxime groups is 1. The summed E-state index contributed by atoms with van der Waals surface area (Å²) in [7, 11) is 0. The van der Waals surface area contributed by atoms with Crippen molar-refractivity contribution in [1.82, 2.24) is 4.90 Å². The van der Waals surface area contributed by atoms with Crippen molar-refractivity contribution in [1.29, 1.82) is 0 Å². The van der Waals surface area contributed by atoms with Gasteiger partial charge in [-0.15, -0.1) is 0 Å². The number of rotatable bonds is 1. The summed E-state index contributed by atoms with van der Waals surface area (Å²) < 4.78 is 26.7. The van der Waals surface area contributed by atoms with E-state index in [0.29, 0.717) is 23.7 Å². The quantitative estimate of drug-likeness (QED) is 0.676. The molecule has 4 rings (SSSR count). The molecule has 2 aliphatic heterocycles. The van der Waals surface area contributed by atoms with E-state index >= 15 is 0 Å². The van der Waals surface area contributed by atoms with Gasteiger partial charge in [-0.25, -0.2) is 8.78 Å². The molecule has 0 radical (unpaired) electrons. The van der Waals surface area contributed by atoms with Crippen LogP contribution in [0.15, 0.2) is 29.4 Å². The first-order valence-corrected chi connectivity index (χ1v) is 9.50. The van der Waals surface area contributed by atoms with Crippen molar-refractivity contribution in [2.45, 2.75) is 44.3 Å². The number of likely N-dealkylation sites (tertiary alicyclic amines) is 1. The van der Waals surface area contributed by atoms with E-state index in [4.69, 9.17) is 16.4 Å². The van der Waals surface area contributed by atoms with Gasteiger partial charge < -0.3 is 9.74 Å². The second-order valence-corrected chi connectivity index (χ2v) is 7.73. The molecule has 7 heteroatoms. The number of hydrogen-bond acceptors (Lipinski definition) is 3. The van der Waals surface area contributed by atoms with Crippen LogP contribution < -0.4 is 0 Å². The zero-order chi connectivity index (χ0) is 19.0. The normalized spacial score (nSPS) is 26.6. The van der Waals surface area contributed by atoms with Gasteiger partial charge in [0.2, 0.25) is 18.1 Å². The van der Waals surface area contributed by atoms with Crippen LogP contribution in [0.4, 0.5) is 8.78 Å². The van der Waals surface area contributed by atoms with Crippen LogP contribution in [0.1, 0.15) is 37.7 Å². The Labute approximate surface area is 161 Å². The summed E-state index contributed by atoms with van der Waals surface area (Å²) in [5.41, 5.74) is 1.40. The molecule has 2 heterocycles. The van der Waals surface area contributed by atoms with E-state index in [2.05, 4.69) is 17.0 Å². The fourth-order valence-corrected chi connectivity index (χ4v) is 4.11. The number of amides is 1. The maximum absolute atomic E-state index is 13.3. The van der Waals surface area contributed by atoms with Crippen LogP contribution in [0.3, 0.4) is 0 Å². The van der Waals surface area contributed by atoms with Crippen LogP contribution in [0.25, 0.3) is 0 Å². The van der Waals surface area contributed by atoms with Gasteiger partial charge in [0.1, 0.15) is 5.71 Å². The van der Waals surface area contributed by atoms with Crippen molar-refractivity contribution in [3.63, 3.8) is 0 Å². The van der Waals surface area contributed by atoms with Gasteiger partial charge in [-0.2, -0.15) is 0 Å². The van der Waals surface area contributed by atoms with Crippen molar-refractivity contribution in [3.8, 4) is 11.8 Å². The van der Waals surface area contributed by atoms with E-state index in [1.807, 2.05) is 12.1 Å². The number of carbonyl (C=O) groups excluding carboxylic acids is 1. The molecule has 2 fully saturated rings. The van der Waals surface area contributed by atoms with Gasteiger partial charge in [0.05, 0.1) is 5.92 Å². The standard InChI is InChI=1S/C20H19ClF2N2O2/c21-15-3-1-2-13(12-15)4-5-17-16-8-11-25(19(16)27-24-17)18(26)14-6-9-20(22,23)10-7-14/h1-3,12,14,16,19H,6-11H2. The topological polar surface area (TPSA) is 41.9 Å². The third kappa shape index (κ3) is 3.79. The molecule has 27 heavy (non-hydrogen) atoms. The van der Waals surface area contributed by atoms with E-state index < -0.39 is 12.2 Å². The molecule has 0 N–H and O–H groups in total. The highest BCUT2D eigenvalue weighted by Gasteiger charge is 2.48. The second kappa shape index (κ2) is 7.12. The molecule has 0 aromatic heterocycles. The van der Waals surface area contributed by atoms with E-state index in [1.54, 1.807) is 17.0 Å². The zero-order valence-corrected chi connectivity index (χ0v) is 15.4. The number of fused-ring (bicyclic) bond motifs is 1. The number of carbonyl (C=O) groups is 1. The third-order valence-corrected chi connectivity index (χ3v) is 5.69. The first kappa shape index (κ1) is 18.2. The molecule has 1 saturated carbocycles. The van der Waals surface area contributed by atoms with E-state index in [9.17, 15) is 13.6 Å².